The maximum atomic E-state index is 13.8. The van der Waals surface area contributed by atoms with Crippen LogP contribution in [-0.4, -0.2) is 25.0 Å². The van der Waals surface area contributed by atoms with E-state index in [9.17, 15) is 13.2 Å². The van der Waals surface area contributed by atoms with E-state index in [1.165, 1.54) is 12.1 Å². The molecule has 3 rings (SSSR count). The molecule has 0 saturated carbocycles. The average molecular weight is 497 g/mol. The fourth-order valence-electron chi connectivity index (χ4n) is 3.97. The molecule has 190 valence electrons. The Balaban J connectivity index is 1.88. The summed E-state index contributed by atoms with van der Waals surface area (Å²) in [7, 11) is 0. The molecule has 0 atom stereocenters. The molecule has 0 spiro atoms. The van der Waals surface area contributed by atoms with Crippen LogP contribution in [0.15, 0.2) is 66.7 Å². The quantitative estimate of drug-likeness (QED) is 0.136. The summed E-state index contributed by atoms with van der Waals surface area (Å²) in [5.41, 5.74) is 14.3. The zero-order valence-electron chi connectivity index (χ0n) is 19.9. The van der Waals surface area contributed by atoms with E-state index in [0.29, 0.717) is 48.2 Å². The lowest BCUT2D eigenvalue weighted by molar-refractivity contribution is -0.137. The van der Waals surface area contributed by atoms with Gasteiger partial charge in [-0.05, 0) is 77.3 Å². The van der Waals surface area contributed by atoms with Crippen LogP contribution in [0.3, 0.4) is 0 Å². The van der Waals surface area contributed by atoms with Crippen LogP contribution >= 0.6 is 0 Å². The third-order valence-corrected chi connectivity index (χ3v) is 5.70. The van der Waals surface area contributed by atoms with E-state index < -0.39 is 11.7 Å². The van der Waals surface area contributed by atoms with Crippen LogP contribution in [0.1, 0.15) is 29.5 Å². The van der Waals surface area contributed by atoms with Crippen LogP contribution in [0.25, 0.3) is 22.3 Å². The average Bonchev–Trinajstić information content (AvgIpc) is 2.84. The summed E-state index contributed by atoms with van der Waals surface area (Å²) in [6.07, 6.45) is -1.57. The smallest absolute Gasteiger partial charge is 0.370 e. The van der Waals surface area contributed by atoms with Gasteiger partial charge in [-0.1, -0.05) is 48.5 Å². The number of alkyl halides is 3. The molecule has 9 heteroatoms. The van der Waals surface area contributed by atoms with Crippen molar-refractivity contribution in [2.45, 2.75) is 31.9 Å². The summed E-state index contributed by atoms with van der Waals surface area (Å²) >= 11 is 0. The monoisotopic (exact) mass is 496 g/mol. The zero-order valence-corrected chi connectivity index (χ0v) is 19.9. The van der Waals surface area contributed by atoms with Crippen LogP contribution < -0.4 is 22.1 Å². The molecule has 0 heterocycles. The highest BCUT2D eigenvalue weighted by molar-refractivity contribution is 5.75. The number of aryl methyl sites for hydroxylation is 2. The zero-order chi connectivity index (χ0) is 26.1. The summed E-state index contributed by atoms with van der Waals surface area (Å²) in [5, 5.41) is 19.9. The molecule has 0 aliphatic rings. The van der Waals surface area contributed by atoms with Crippen molar-refractivity contribution in [1.29, 1.82) is 10.8 Å². The lowest BCUT2D eigenvalue weighted by atomic mass is 9.93. The molecule has 0 aliphatic carbocycles. The number of hydrogen-bond acceptors (Lipinski definition) is 2. The van der Waals surface area contributed by atoms with Gasteiger partial charge in [0, 0.05) is 13.1 Å². The molecule has 0 aromatic heterocycles. The number of nitrogens with one attached hydrogen (secondary N) is 4. The largest absolute Gasteiger partial charge is 0.416 e. The lowest BCUT2D eigenvalue weighted by Gasteiger charge is -2.14. The molecule has 3 aromatic carbocycles. The van der Waals surface area contributed by atoms with Gasteiger partial charge in [-0.25, -0.2) is 0 Å². The summed E-state index contributed by atoms with van der Waals surface area (Å²) in [5.74, 6) is -0.172. The van der Waals surface area contributed by atoms with Crippen molar-refractivity contribution in [3.05, 3.63) is 83.4 Å². The molecule has 0 saturated heterocycles. The van der Waals surface area contributed by atoms with E-state index in [2.05, 4.69) is 10.6 Å². The van der Waals surface area contributed by atoms with Crippen LogP contribution in [-0.2, 0) is 19.0 Å². The Morgan fingerprint density at radius 1 is 0.667 bits per heavy atom. The predicted octanol–water partition coefficient (Wildman–Crippen LogP) is 4.87. The first kappa shape index (κ1) is 26.6. The fourth-order valence-corrected chi connectivity index (χ4v) is 3.97. The number of hydrogen-bond donors (Lipinski definition) is 6. The summed E-state index contributed by atoms with van der Waals surface area (Å²) in [6, 6.07) is 19.2. The molecule has 0 fully saturated rings. The Hall–Kier alpha value is -4.01. The summed E-state index contributed by atoms with van der Waals surface area (Å²) in [6.45, 7) is 1.10. The Morgan fingerprint density at radius 3 is 1.50 bits per heavy atom. The van der Waals surface area contributed by atoms with Crippen molar-refractivity contribution in [2.24, 2.45) is 11.5 Å². The van der Waals surface area contributed by atoms with Crippen LogP contribution in [0.4, 0.5) is 13.2 Å². The molecular formula is C27H31F3N6. The van der Waals surface area contributed by atoms with E-state index in [1.54, 1.807) is 6.07 Å². The van der Waals surface area contributed by atoms with E-state index in [1.807, 2.05) is 48.5 Å². The summed E-state index contributed by atoms with van der Waals surface area (Å²) in [4.78, 5) is 0. The standard InChI is InChI=1S/C27H31F3N6/c28-27(29,30)24-16-22(20-9-1-5-18(13-20)7-3-11-35-25(31)32)15-23(17-24)21-10-2-6-19(14-21)8-4-12-36-26(33)34/h1-2,5-6,9-10,13-17H,3-4,7-8,11-12H2,(H4,31,32,35)(H4,33,34,36). The first-order valence-electron chi connectivity index (χ1n) is 11.7. The molecule has 0 radical (unpaired) electrons. The van der Waals surface area contributed by atoms with Crippen molar-refractivity contribution in [2.75, 3.05) is 13.1 Å². The molecule has 3 aromatic rings. The van der Waals surface area contributed by atoms with Gasteiger partial charge in [-0.2, -0.15) is 13.2 Å². The van der Waals surface area contributed by atoms with E-state index in [4.69, 9.17) is 22.3 Å². The Kier molecular flexibility index (Phi) is 8.94. The van der Waals surface area contributed by atoms with Gasteiger partial charge >= 0.3 is 6.18 Å². The molecule has 0 amide bonds. The third-order valence-electron chi connectivity index (χ3n) is 5.70. The van der Waals surface area contributed by atoms with E-state index in [0.717, 1.165) is 24.0 Å². The maximum Gasteiger partial charge on any atom is 0.416 e. The first-order valence-corrected chi connectivity index (χ1v) is 11.7. The van der Waals surface area contributed by atoms with Gasteiger partial charge in [0.2, 0.25) is 0 Å². The summed E-state index contributed by atoms with van der Waals surface area (Å²) < 4.78 is 41.4. The predicted molar refractivity (Wildman–Crippen MR) is 139 cm³/mol. The minimum Gasteiger partial charge on any atom is -0.370 e. The van der Waals surface area contributed by atoms with Gasteiger partial charge in [0.1, 0.15) is 0 Å². The number of nitrogens with two attached hydrogens (primary N) is 2. The van der Waals surface area contributed by atoms with Gasteiger partial charge in [0.15, 0.2) is 11.9 Å². The molecule has 6 nitrogen and oxygen atoms in total. The SMILES string of the molecule is N=C(N)NCCCc1cccc(-c2cc(-c3cccc(CCCNC(=N)N)c3)cc(C(F)(F)F)c2)c1. The molecule has 8 N–H and O–H groups in total. The van der Waals surface area contributed by atoms with Crippen LogP contribution in [0, 0.1) is 10.8 Å². The van der Waals surface area contributed by atoms with Crippen LogP contribution in [0.5, 0.6) is 0 Å². The van der Waals surface area contributed by atoms with Crippen molar-refractivity contribution in [3.63, 3.8) is 0 Å². The van der Waals surface area contributed by atoms with Crippen molar-refractivity contribution >= 4 is 11.9 Å². The molecule has 0 bridgehead atoms. The Labute approximate surface area is 208 Å². The maximum absolute atomic E-state index is 13.8. The fraction of sp³-hybridized carbons (Fsp3) is 0.259. The van der Waals surface area contributed by atoms with Crippen molar-refractivity contribution in [3.8, 4) is 22.3 Å². The highest BCUT2D eigenvalue weighted by atomic mass is 19.4. The second-order valence-corrected chi connectivity index (χ2v) is 8.59. The van der Waals surface area contributed by atoms with Gasteiger partial charge in [-0.3, -0.25) is 10.8 Å². The van der Waals surface area contributed by atoms with E-state index in [-0.39, 0.29) is 11.9 Å². The second-order valence-electron chi connectivity index (χ2n) is 8.59. The topological polar surface area (TPSA) is 124 Å². The Bertz CT molecular complexity index is 1120. The third kappa shape index (κ3) is 8.04. The Morgan fingerprint density at radius 2 is 1.11 bits per heavy atom. The molecular weight excluding hydrogens is 465 g/mol. The lowest BCUT2D eigenvalue weighted by Crippen LogP contribution is -2.31. The minimum absolute atomic E-state index is 0.0861. The number of benzene rings is 3. The van der Waals surface area contributed by atoms with Crippen molar-refractivity contribution < 1.29 is 13.2 Å². The van der Waals surface area contributed by atoms with Gasteiger partial charge in [-0.15, -0.1) is 0 Å². The van der Waals surface area contributed by atoms with Crippen LogP contribution in [0.2, 0.25) is 0 Å². The van der Waals surface area contributed by atoms with Gasteiger partial charge in [0.25, 0.3) is 0 Å². The molecule has 0 aliphatic heterocycles. The second kappa shape index (κ2) is 12.1. The molecule has 0 unspecified atom stereocenters. The number of rotatable bonds is 10. The van der Waals surface area contributed by atoms with Crippen molar-refractivity contribution in [1.82, 2.24) is 10.6 Å². The highest BCUT2D eigenvalue weighted by Gasteiger charge is 2.31. The number of guanidine groups is 2. The molecule has 36 heavy (non-hydrogen) atoms. The first-order chi connectivity index (χ1) is 17.1. The van der Waals surface area contributed by atoms with Gasteiger partial charge < -0.3 is 22.1 Å². The highest BCUT2D eigenvalue weighted by Crippen LogP contribution is 2.36. The van der Waals surface area contributed by atoms with Gasteiger partial charge in [0.05, 0.1) is 5.56 Å². The van der Waals surface area contributed by atoms with E-state index >= 15 is 0 Å². The normalized spacial score (nSPS) is 11.2. The minimum atomic E-state index is -4.48. The number of halogens is 3.